The van der Waals surface area contributed by atoms with Crippen molar-refractivity contribution in [1.82, 2.24) is 4.90 Å². The van der Waals surface area contributed by atoms with Crippen molar-refractivity contribution in [2.75, 3.05) is 20.8 Å². The van der Waals surface area contributed by atoms with Gasteiger partial charge in [-0.05, 0) is 51.8 Å². The van der Waals surface area contributed by atoms with Gasteiger partial charge in [-0.2, -0.15) is 0 Å². The molecule has 26 heavy (non-hydrogen) atoms. The van der Waals surface area contributed by atoms with Gasteiger partial charge in [0.1, 0.15) is 11.4 Å². The fourth-order valence-corrected chi connectivity index (χ4v) is 3.36. The smallest absolute Gasteiger partial charge is 0.410 e. The van der Waals surface area contributed by atoms with E-state index in [1.54, 1.807) is 12.0 Å². The van der Waals surface area contributed by atoms with Crippen LogP contribution in [0.5, 0.6) is 5.75 Å². The first-order valence-corrected chi connectivity index (χ1v) is 8.87. The third-order valence-electron chi connectivity index (χ3n) is 4.68. The molecule has 1 aromatic rings. The molecule has 1 fully saturated rings. The molecule has 0 bridgehead atoms. The molecule has 2 rings (SSSR count). The molecule has 6 nitrogen and oxygen atoms in total. The van der Waals surface area contributed by atoms with E-state index in [1.165, 1.54) is 7.11 Å². The van der Waals surface area contributed by atoms with Crippen molar-refractivity contribution >= 4 is 12.1 Å². The van der Waals surface area contributed by atoms with Gasteiger partial charge in [0.05, 0.1) is 20.1 Å². The van der Waals surface area contributed by atoms with E-state index < -0.39 is 17.6 Å². The van der Waals surface area contributed by atoms with Crippen LogP contribution in [0.15, 0.2) is 24.3 Å². The highest BCUT2D eigenvalue weighted by molar-refractivity contribution is 5.76. The Morgan fingerprint density at radius 3 is 2.23 bits per heavy atom. The van der Waals surface area contributed by atoms with Gasteiger partial charge in [-0.1, -0.05) is 12.1 Å². The molecule has 1 amide bonds. The summed E-state index contributed by atoms with van der Waals surface area (Å²) in [4.78, 5) is 26.6. The van der Waals surface area contributed by atoms with Crippen LogP contribution >= 0.6 is 0 Å². The first-order valence-electron chi connectivity index (χ1n) is 8.87. The highest BCUT2D eigenvalue weighted by Crippen LogP contribution is 2.37. The van der Waals surface area contributed by atoms with Gasteiger partial charge in [0.15, 0.2) is 0 Å². The second-order valence-corrected chi connectivity index (χ2v) is 7.73. The largest absolute Gasteiger partial charge is 0.497 e. The predicted molar refractivity (Wildman–Crippen MR) is 98.3 cm³/mol. The molecule has 0 unspecified atom stereocenters. The molecule has 1 aliphatic rings. The lowest BCUT2D eigenvalue weighted by molar-refractivity contribution is -0.148. The maximum absolute atomic E-state index is 12.5. The summed E-state index contributed by atoms with van der Waals surface area (Å²) in [6.07, 6.45) is 0.262. The van der Waals surface area contributed by atoms with Crippen molar-refractivity contribution in [3.63, 3.8) is 0 Å². The number of piperidine rings is 1. The minimum atomic E-state index is -0.579. The van der Waals surface area contributed by atoms with E-state index in [1.807, 2.05) is 52.0 Å². The minimum absolute atomic E-state index is 0.0259. The van der Waals surface area contributed by atoms with E-state index in [0.29, 0.717) is 6.42 Å². The number of hydrogen-bond acceptors (Lipinski definition) is 5. The molecule has 0 aromatic heterocycles. The summed E-state index contributed by atoms with van der Waals surface area (Å²) in [7, 11) is 3.00. The summed E-state index contributed by atoms with van der Waals surface area (Å²) in [5.41, 5.74) is 0.460. The van der Waals surface area contributed by atoms with Gasteiger partial charge < -0.3 is 19.1 Å². The standard InChI is InChI=1S/C20H29NO5/c1-13-11-16(14-7-9-15(24-5)10-8-14)17(18(22)25-6)12-21(13)19(23)26-20(2,3)4/h7-10,13,16-17H,11-12H2,1-6H3/t13-,16-,17+/m1/s1. The fourth-order valence-electron chi connectivity index (χ4n) is 3.36. The lowest BCUT2D eigenvalue weighted by Crippen LogP contribution is -2.51. The van der Waals surface area contributed by atoms with Crippen LogP contribution in [0.25, 0.3) is 0 Å². The average Bonchev–Trinajstić information content (AvgIpc) is 2.59. The van der Waals surface area contributed by atoms with Gasteiger partial charge >= 0.3 is 12.1 Å². The second kappa shape index (κ2) is 7.98. The van der Waals surface area contributed by atoms with Crippen LogP contribution in [0, 0.1) is 5.92 Å². The zero-order valence-corrected chi connectivity index (χ0v) is 16.4. The number of nitrogens with zero attached hydrogens (tertiary/aromatic N) is 1. The number of hydrogen-bond donors (Lipinski definition) is 0. The molecule has 3 atom stereocenters. The van der Waals surface area contributed by atoms with Gasteiger partial charge in [-0.25, -0.2) is 4.79 Å². The van der Waals surface area contributed by atoms with Gasteiger partial charge in [0.2, 0.25) is 0 Å². The van der Waals surface area contributed by atoms with Gasteiger partial charge in [0.25, 0.3) is 0 Å². The van der Waals surface area contributed by atoms with Crippen molar-refractivity contribution in [3.8, 4) is 5.75 Å². The predicted octanol–water partition coefficient (Wildman–Crippen LogP) is 3.60. The van der Waals surface area contributed by atoms with Gasteiger partial charge in [-0.3, -0.25) is 4.79 Å². The summed E-state index contributed by atoms with van der Waals surface area (Å²) in [6, 6.07) is 7.66. The number of carbonyl (C=O) groups is 2. The van der Waals surface area contributed by atoms with Crippen LogP contribution in [0.2, 0.25) is 0 Å². The van der Waals surface area contributed by atoms with Crippen LogP contribution < -0.4 is 4.74 Å². The number of likely N-dealkylation sites (tertiary alicyclic amines) is 1. The Kier molecular flexibility index (Phi) is 6.16. The van der Waals surface area contributed by atoms with Crippen molar-refractivity contribution in [2.45, 2.75) is 51.7 Å². The zero-order valence-electron chi connectivity index (χ0n) is 16.4. The molecule has 1 aromatic carbocycles. The Morgan fingerprint density at radius 1 is 1.12 bits per heavy atom. The molecule has 0 N–H and O–H groups in total. The molecule has 1 saturated heterocycles. The summed E-state index contributed by atoms with van der Waals surface area (Å²) in [5.74, 6) is -0.00644. The maximum Gasteiger partial charge on any atom is 0.410 e. The molecule has 6 heteroatoms. The van der Waals surface area contributed by atoms with Crippen LogP contribution in [0.3, 0.4) is 0 Å². The topological polar surface area (TPSA) is 65.1 Å². The first-order chi connectivity index (χ1) is 12.2. The monoisotopic (exact) mass is 363 g/mol. The van der Waals surface area contributed by atoms with Crippen LogP contribution in [0.4, 0.5) is 4.79 Å². The lowest BCUT2D eigenvalue weighted by Gasteiger charge is -2.42. The van der Waals surface area contributed by atoms with Crippen molar-refractivity contribution in [2.24, 2.45) is 5.92 Å². The van der Waals surface area contributed by atoms with Gasteiger partial charge in [0, 0.05) is 18.5 Å². The van der Waals surface area contributed by atoms with E-state index in [9.17, 15) is 9.59 Å². The number of esters is 1. The third-order valence-corrected chi connectivity index (χ3v) is 4.68. The lowest BCUT2D eigenvalue weighted by atomic mass is 9.78. The van der Waals surface area contributed by atoms with E-state index in [-0.39, 0.29) is 24.5 Å². The quantitative estimate of drug-likeness (QED) is 0.768. The third kappa shape index (κ3) is 4.68. The zero-order chi connectivity index (χ0) is 19.5. The first kappa shape index (κ1) is 20.1. The molecule has 1 heterocycles. The van der Waals surface area contributed by atoms with Crippen molar-refractivity contribution in [3.05, 3.63) is 29.8 Å². The number of methoxy groups -OCH3 is 2. The van der Waals surface area contributed by atoms with E-state index in [2.05, 4.69) is 0 Å². The van der Waals surface area contributed by atoms with E-state index in [4.69, 9.17) is 14.2 Å². The van der Waals surface area contributed by atoms with Crippen LogP contribution in [0.1, 0.15) is 45.6 Å². The van der Waals surface area contributed by atoms with Gasteiger partial charge in [-0.15, -0.1) is 0 Å². The highest BCUT2D eigenvalue weighted by Gasteiger charge is 2.42. The summed E-state index contributed by atoms with van der Waals surface area (Å²) in [6.45, 7) is 7.75. The Balaban J connectivity index is 2.25. The maximum atomic E-state index is 12.5. The summed E-state index contributed by atoms with van der Waals surface area (Å²) >= 11 is 0. The Labute approximate surface area is 155 Å². The van der Waals surface area contributed by atoms with Crippen LogP contribution in [-0.4, -0.2) is 49.4 Å². The molecule has 0 radical (unpaired) electrons. The number of carbonyl (C=O) groups excluding carboxylic acids is 2. The minimum Gasteiger partial charge on any atom is -0.497 e. The Hall–Kier alpha value is -2.24. The van der Waals surface area contributed by atoms with Crippen LogP contribution in [-0.2, 0) is 14.3 Å². The fraction of sp³-hybridized carbons (Fsp3) is 0.600. The molecule has 0 aliphatic carbocycles. The average molecular weight is 363 g/mol. The van der Waals surface area contributed by atoms with Crippen molar-refractivity contribution < 1.29 is 23.8 Å². The molecule has 144 valence electrons. The number of amides is 1. The highest BCUT2D eigenvalue weighted by atomic mass is 16.6. The SMILES string of the molecule is COC(=O)[C@H]1CN(C(=O)OC(C)(C)C)[C@H](C)C[C@@H]1c1ccc(OC)cc1. The van der Waals surface area contributed by atoms with E-state index >= 15 is 0 Å². The molecule has 0 saturated carbocycles. The molecular weight excluding hydrogens is 334 g/mol. The summed E-state index contributed by atoms with van der Waals surface area (Å²) < 4.78 is 15.7. The summed E-state index contributed by atoms with van der Waals surface area (Å²) in [5, 5.41) is 0. The van der Waals surface area contributed by atoms with E-state index in [0.717, 1.165) is 11.3 Å². The molecule has 1 aliphatic heterocycles. The Morgan fingerprint density at radius 2 is 1.73 bits per heavy atom. The number of rotatable bonds is 3. The number of ether oxygens (including phenoxy) is 3. The molecule has 0 spiro atoms. The Bertz CT molecular complexity index is 635. The van der Waals surface area contributed by atoms with Crippen molar-refractivity contribution in [1.29, 1.82) is 0 Å². The second-order valence-electron chi connectivity index (χ2n) is 7.73. The number of benzene rings is 1. The molecular formula is C20H29NO5. The normalized spacial score (nSPS) is 23.3.